The minimum absolute atomic E-state index is 0.0395. The molecule has 17 heavy (non-hydrogen) atoms. The van der Waals surface area contributed by atoms with Crippen molar-refractivity contribution in [1.29, 1.82) is 0 Å². The van der Waals surface area contributed by atoms with Gasteiger partial charge in [-0.2, -0.15) is 0 Å². The number of rotatable bonds is 6. The number of hydrogen-bond acceptors (Lipinski definition) is 4. The highest BCUT2D eigenvalue weighted by atomic mass is 16.1. The van der Waals surface area contributed by atoms with E-state index in [1.54, 1.807) is 0 Å². The molecule has 0 aliphatic carbocycles. The average Bonchev–Trinajstić information content (AvgIpc) is 2.57. The van der Waals surface area contributed by atoms with E-state index in [4.69, 9.17) is 5.73 Å². The third-order valence-electron chi connectivity index (χ3n) is 2.51. The number of hydrogen-bond donors (Lipinski definition) is 4. The second kappa shape index (κ2) is 6.12. The summed E-state index contributed by atoms with van der Waals surface area (Å²) in [7, 11) is 0. The summed E-state index contributed by atoms with van der Waals surface area (Å²) in [6.07, 6.45) is 1.35. The molecule has 96 valence electrons. The lowest BCUT2D eigenvalue weighted by molar-refractivity contribution is -0.121. The highest BCUT2D eigenvalue weighted by Crippen LogP contribution is 2.13. The van der Waals surface area contributed by atoms with Crippen LogP contribution in [0.3, 0.4) is 0 Å². The number of aromatic nitrogens is 2. The molecule has 0 aromatic carbocycles. The van der Waals surface area contributed by atoms with Crippen molar-refractivity contribution in [2.24, 2.45) is 0 Å². The van der Waals surface area contributed by atoms with Crippen LogP contribution in [-0.4, -0.2) is 28.5 Å². The number of nitrogens with zero attached hydrogens (tertiary/aromatic N) is 1. The molecule has 0 aliphatic rings. The number of nitrogens with two attached hydrogens (primary N) is 1. The van der Waals surface area contributed by atoms with E-state index in [-0.39, 0.29) is 11.9 Å². The van der Waals surface area contributed by atoms with E-state index in [9.17, 15) is 4.79 Å². The maximum Gasteiger partial charge on any atom is 0.221 e. The van der Waals surface area contributed by atoms with Crippen LogP contribution in [-0.2, 0) is 4.79 Å². The van der Waals surface area contributed by atoms with Crippen molar-refractivity contribution in [2.75, 3.05) is 17.6 Å². The van der Waals surface area contributed by atoms with Gasteiger partial charge >= 0.3 is 0 Å². The van der Waals surface area contributed by atoms with E-state index >= 15 is 0 Å². The molecule has 5 N–H and O–H groups in total. The molecule has 6 nitrogen and oxygen atoms in total. The molecule has 0 saturated heterocycles. The minimum atomic E-state index is 0.0395. The lowest BCUT2D eigenvalue weighted by Crippen LogP contribution is -2.33. The molecule has 1 atom stereocenters. The second-order valence-corrected chi connectivity index (χ2v) is 4.14. The summed E-state index contributed by atoms with van der Waals surface area (Å²) < 4.78 is 0. The molecule has 0 radical (unpaired) electrons. The Balaban J connectivity index is 2.28. The number of amides is 1. The van der Waals surface area contributed by atoms with Crippen LogP contribution >= 0.6 is 0 Å². The monoisotopic (exact) mass is 239 g/mol. The fraction of sp³-hybridized carbons (Fsp3) is 0.636. The van der Waals surface area contributed by atoms with Gasteiger partial charge in [0.15, 0.2) is 5.82 Å². The Hall–Kier alpha value is -1.72. The predicted molar refractivity (Wildman–Crippen MR) is 68.7 cm³/mol. The van der Waals surface area contributed by atoms with Crippen molar-refractivity contribution in [2.45, 2.75) is 39.7 Å². The van der Waals surface area contributed by atoms with E-state index in [0.717, 1.165) is 12.2 Å². The molecule has 1 amide bonds. The SMILES string of the molecule is CCC(C)NC(=O)CCNc1nc(C)[nH]c1N. The van der Waals surface area contributed by atoms with Crippen molar-refractivity contribution in [3.05, 3.63) is 5.82 Å². The molecule has 1 aromatic heterocycles. The van der Waals surface area contributed by atoms with Gasteiger partial charge in [0.1, 0.15) is 11.6 Å². The van der Waals surface area contributed by atoms with Crippen LogP contribution in [0.5, 0.6) is 0 Å². The number of anilines is 2. The molecule has 0 saturated carbocycles. The number of nitrogen functional groups attached to an aromatic ring is 1. The van der Waals surface area contributed by atoms with Gasteiger partial charge in [0.05, 0.1) is 0 Å². The smallest absolute Gasteiger partial charge is 0.221 e. The number of aryl methyl sites for hydroxylation is 1. The van der Waals surface area contributed by atoms with Gasteiger partial charge in [0, 0.05) is 19.0 Å². The molecule has 1 rings (SSSR count). The van der Waals surface area contributed by atoms with Gasteiger partial charge in [0.2, 0.25) is 5.91 Å². The fourth-order valence-electron chi connectivity index (χ4n) is 1.39. The van der Waals surface area contributed by atoms with E-state index in [2.05, 4.69) is 20.6 Å². The van der Waals surface area contributed by atoms with E-state index in [0.29, 0.717) is 24.6 Å². The third kappa shape index (κ3) is 4.34. The van der Waals surface area contributed by atoms with Crippen LogP contribution in [0.1, 0.15) is 32.5 Å². The van der Waals surface area contributed by atoms with Crippen LogP contribution in [0.2, 0.25) is 0 Å². The summed E-state index contributed by atoms with van der Waals surface area (Å²) in [4.78, 5) is 18.5. The van der Waals surface area contributed by atoms with Crippen molar-refractivity contribution in [3.8, 4) is 0 Å². The van der Waals surface area contributed by atoms with E-state index in [1.807, 2.05) is 20.8 Å². The van der Waals surface area contributed by atoms with Gasteiger partial charge in [-0.15, -0.1) is 0 Å². The first-order chi connectivity index (χ1) is 8.02. The van der Waals surface area contributed by atoms with Crippen molar-refractivity contribution < 1.29 is 4.79 Å². The first-order valence-corrected chi connectivity index (χ1v) is 5.88. The largest absolute Gasteiger partial charge is 0.382 e. The number of carbonyl (C=O) groups is 1. The van der Waals surface area contributed by atoms with Gasteiger partial charge in [-0.3, -0.25) is 4.79 Å². The molecule has 0 fully saturated rings. The predicted octanol–water partition coefficient (Wildman–Crippen LogP) is 1.02. The Morgan fingerprint density at radius 3 is 2.82 bits per heavy atom. The highest BCUT2D eigenvalue weighted by molar-refractivity contribution is 5.76. The van der Waals surface area contributed by atoms with Gasteiger partial charge < -0.3 is 21.4 Å². The zero-order chi connectivity index (χ0) is 12.8. The molecular formula is C11H21N5O. The van der Waals surface area contributed by atoms with Crippen LogP contribution in [0.4, 0.5) is 11.6 Å². The Labute approximate surface area is 101 Å². The first kappa shape index (κ1) is 13.3. The summed E-state index contributed by atoms with van der Waals surface area (Å²) in [6.45, 7) is 6.38. The van der Waals surface area contributed by atoms with Crippen LogP contribution in [0.15, 0.2) is 0 Å². The molecule has 1 aromatic rings. The van der Waals surface area contributed by atoms with E-state index < -0.39 is 0 Å². The molecule has 1 heterocycles. The van der Waals surface area contributed by atoms with Gasteiger partial charge in [0.25, 0.3) is 0 Å². The maximum atomic E-state index is 11.5. The summed E-state index contributed by atoms with van der Waals surface area (Å²) in [5.41, 5.74) is 5.68. The molecule has 1 unspecified atom stereocenters. The van der Waals surface area contributed by atoms with Gasteiger partial charge in [-0.1, -0.05) is 6.92 Å². The molecule has 0 bridgehead atoms. The molecule has 0 aliphatic heterocycles. The minimum Gasteiger partial charge on any atom is -0.382 e. The Bertz CT molecular complexity index is 374. The molecule has 6 heteroatoms. The van der Waals surface area contributed by atoms with E-state index in [1.165, 1.54) is 0 Å². The summed E-state index contributed by atoms with van der Waals surface area (Å²) in [6, 6.07) is 0.222. The maximum absolute atomic E-state index is 11.5. The van der Waals surface area contributed by atoms with Crippen molar-refractivity contribution in [3.63, 3.8) is 0 Å². The lowest BCUT2D eigenvalue weighted by Gasteiger charge is -2.11. The number of nitrogens with one attached hydrogen (secondary N) is 3. The standard InChI is InChI=1S/C11H21N5O/c1-4-7(2)14-9(17)5-6-13-11-10(12)15-8(3)16-11/h7,13H,4-6,12H2,1-3H3,(H,14,17)(H,15,16). The van der Waals surface area contributed by atoms with Crippen LogP contribution < -0.4 is 16.4 Å². The van der Waals surface area contributed by atoms with Crippen LogP contribution in [0, 0.1) is 6.92 Å². The molecular weight excluding hydrogens is 218 g/mol. The molecule has 0 spiro atoms. The number of aromatic amines is 1. The highest BCUT2D eigenvalue weighted by Gasteiger charge is 2.07. The zero-order valence-corrected chi connectivity index (χ0v) is 10.6. The second-order valence-electron chi connectivity index (χ2n) is 4.14. The third-order valence-corrected chi connectivity index (χ3v) is 2.51. The van der Waals surface area contributed by atoms with Gasteiger partial charge in [-0.25, -0.2) is 4.98 Å². The summed E-state index contributed by atoms with van der Waals surface area (Å²) in [5.74, 6) is 1.91. The van der Waals surface area contributed by atoms with Crippen molar-refractivity contribution in [1.82, 2.24) is 15.3 Å². The average molecular weight is 239 g/mol. The Morgan fingerprint density at radius 1 is 1.59 bits per heavy atom. The number of imidazole rings is 1. The fourth-order valence-corrected chi connectivity index (χ4v) is 1.39. The topological polar surface area (TPSA) is 95.8 Å². The van der Waals surface area contributed by atoms with Crippen LogP contribution in [0.25, 0.3) is 0 Å². The zero-order valence-electron chi connectivity index (χ0n) is 10.6. The van der Waals surface area contributed by atoms with Gasteiger partial charge in [-0.05, 0) is 20.3 Å². The Morgan fingerprint density at radius 2 is 2.29 bits per heavy atom. The number of carbonyl (C=O) groups excluding carboxylic acids is 1. The quantitative estimate of drug-likeness (QED) is 0.596. The van der Waals surface area contributed by atoms with Crippen molar-refractivity contribution >= 4 is 17.5 Å². The summed E-state index contributed by atoms with van der Waals surface area (Å²) >= 11 is 0. The number of H-pyrrole nitrogens is 1. The first-order valence-electron chi connectivity index (χ1n) is 5.88. The Kier molecular flexibility index (Phi) is 4.81. The summed E-state index contributed by atoms with van der Waals surface area (Å²) in [5, 5.41) is 5.92. The lowest BCUT2D eigenvalue weighted by atomic mass is 10.2. The normalized spacial score (nSPS) is 12.2.